The van der Waals surface area contributed by atoms with E-state index < -0.39 is 18.4 Å². The first-order valence-electron chi connectivity index (χ1n) is 9.33. The van der Waals surface area contributed by atoms with Gasteiger partial charge in [0.25, 0.3) is 5.91 Å². The monoisotopic (exact) mass is 529 g/mol. The van der Waals surface area contributed by atoms with Crippen LogP contribution in [0.2, 0.25) is 0 Å². The lowest BCUT2D eigenvalue weighted by Gasteiger charge is -2.10. The average Bonchev–Trinajstić information content (AvgIpc) is 3.31. The maximum absolute atomic E-state index is 12.8. The normalized spacial score (nSPS) is 14.9. The quantitative estimate of drug-likeness (QED) is 0.369. The molecule has 0 spiro atoms. The van der Waals surface area contributed by atoms with Gasteiger partial charge in [0, 0.05) is 17.3 Å². The highest BCUT2D eigenvalue weighted by Gasteiger charge is 2.33. The van der Waals surface area contributed by atoms with E-state index in [2.05, 4.69) is 15.9 Å². The highest BCUT2D eigenvalue weighted by Crippen LogP contribution is 2.36. The van der Waals surface area contributed by atoms with Crippen molar-refractivity contribution in [2.45, 2.75) is 0 Å². The molecule has 1 fully saturated rings. The van der Waals surface area contributed by atoms with Gasteiger partial charge >= 0.3 is 5.97 Å². The number of ether oxygens (including phenoxy) is 1. The van der Waals surface area contributed by atoms with Gasteiger partial charge in [-0.1, -0.05) is 42.2 Å². The summed E-state index contributed by atoms with van der Waals surface area (Å²) in [5.74, 6) is -0.868. The second kappa shape index (κ2) is 9.27. The van der Waals surface area contributed by atoms with Crippen molar-refractivity contribution < 1.29 is 19.4 Å². The first-order chi connectivity index (χ1) is 15.4. The minimum absolute atomic E-state index is 0.216. The number of carbonyl (C=O) groups excluding carboxylic acids is 1. The van der Waals surface area contributed by atoms with Crippen LogP contribution < -0.4 is 4.74 Å². The first kappa shape index (κ1) is 22.3. The molecule has 162 valence electrons. The Bertz CT molecular complexity index is 1260. The van der Waals surface area contributed by atoms with Gasteiger partial charge in [0.15, 0.2) is 0 Å². The Labute approximate surface area is 201 Å². The van der Waals surface area contributed by atoms with E-state index in [9.17, 15) is 9.59 Å². The van der Waals surface area contributed by atoms with E-state index in [-0.39, 0.29) is 4.32 Å². The zero-order valence-corrected chi connectivity index (χ0v) is 19.9. The largest absolute Gasteiger partial charge is 0.496 e. The number of carboxylic acids is 1. The number of hydrogen-bond acceptors (Lipinski definition) is 6. The molecular weight excluding hydrogens is 514 g/mol. The molecule has 1 saturated heterocycles. The summed E-state index contributed by atoms with van der Waals surface area (Å²) < 4.78 is 8.04. The highest BCUT2D eigenvalue weighted by molar-refractivity contribution is 9.10. The van der Waals surface area contributed by atoms with Gasteiger partial charge < -0.3 is 9.84 Å². The maximum Gasteiger partial charge on any atom is 0.323 e. The molecule has 0 radical (unpaired) electrons. The standard InChI is InChI=1S/C22H16BrN3O4S2/c1-30-17-8-7-13(9-16(17)23)20-14(11-26(24-20)15-5-3-2-4-6-15)10-18-21(29)25(12-19(27)28)22(31)32-18/h2-11H,12H2,1H3,(H,27,28). The fraction of sp³-hybridized carbons (Fsp3) is 0.0909. The smallest absolute Gasteiger partial charge is 0.323 e. The molecule has 1 aliphatic heterocycles. The molecule has 0 unspecified atom stereocenters. The number of rotatable bonds is 6. The summed E-state index contributed by atoms with van der Waals surface area (Å²) in [7, 11) is 1.59. The molecule has 2 aromatic carbocycles. The van der Waals surface area contributed by atoms with Crippen molar-refractivity contribution in [2.75, 3.05) is 13.7 Å². The lowest BCUT2D eigenvalue weighted by molar-refractivity contribution is -0.140. The molecule has 1 aliphatic rings. The van der Waals surface area contributed by atoms with Crippen LogP contribution in [0.1, 0.15) is 5.56 Å². The number of nitrogens with zero attached hydrogens (tertiary/aromatic N) is 3. The van der Waals surface area contributed by atoms with Crippen molar-refractivity contribution in [3.8, 4) is 22.7 Å². The minimum atomic E-state index is -1.12. The molecule has 4 rings (SSSR count). The fourth-order valence-corrected chi connectivity index (χ4v) is 4.94. The van der Waals surface area contributed by atoms with E-state index in [4.69, 9.17) is 27.2 Å². The lowest BCUT2D eigenvalue weighted by Crippen LogP contribution is -2.33. The molecular formula is C22H16BrN3O4S2. The van der Waals surface area contributed by atoms with Crippen LogP contribution in [0.15, 0.2) is 64.1 Å². The molecule has 3 aromatic rings. The predicted molar refractivity (Wildman–Crippen MR) is 131 cm³/mol. The van der Waals surface area contributed by atoms with Gasteiger partial charge in [0.1, 0.15) is 22.3 Å². The minimum Gasteiger partial charge on any atom is -0.496 e. The van der Waals surface area contributed by atoms with Crippen LogP contribution in [-0.4, -0.2) is 49.6 Å². The average molecular weight is 530 g/mol. The van der Waals surface area contributed by atoms with Crippen LogP contribution in [-0.2, 0) is 9.59 Å². The zero-order valence-electron chi connectivity index (χ0n) is 16.7. The van der Waals surface area contributed by atoms with Crippen LogP contribution in [0.4, 0.5) is 0 Å². The summed E-state index contributed by atoms with van der Waals surface area (Å²) >= 11 is 9.79. The van der Waals surface area contributed by atoms with Gasteiger partial charge in [-0.05, 0) is 52.3 Å². The molecule has 0 bridgehead atoms. The molecule has 32 heavy (non-hydrogen) atoms. The maximum atomic E-state index is 12.8. The molecule has 0 saturated carbocycles. The summed E-state index contributed by atoms with van der Waals surface area (Å²) in [6.45, 7) is -0.469. The number of methoxy groups -OCH3 is 1. The number of para-hydroxylation sites is 1. The molecule has 2 heterocycles. The second-order valence-electron chi connectivity index (χ2n) is 6.72. The van der Waals surface area contributed by atoms with Crippen LogP contribution in [0.5, 0.6) is 5.75 Å². The zero-order chi connectivity index (χ0) is 22.8. The Hall–Kier alpha value is -2.95. The number of thioether (sulfide) groups is 1. The summed E-state index contributed by atoms with van der Waals surface area (Å²) in [5.41, 5.74) is 3.03. The van der Waals surface area contributed by atoms with Crippen LogP contribution in [0.3, 0.4) is 0 Å². The number of amides is 1. The van der Waals surface area contributed by atoms with E-state index in [1.165, 1.54) is 0 Å². The van der Waals surface area contributed by atoms with E-state index in [0.717, 1.165) is 32.4 Å². The summed E-state index contributed by atoms with van der Waals surface area (Å²) in [5, 5.41) is 13.8. The number of carboxylic acid groups (broad SMARTS) is 1. The number of halogens is 1. The predicted octanol–water partition coefficient (Wildman–Crippen LogP) is 4.60. The van der Waals surface area contributed by atoms with Gasteiger partial charge in [0.05, 0.1) is 22.2 Å². The number of hydrogen-bond donors (Lipinski definition) is 1. The third kappa shape index (κ3) is 4.47. The van der Waals surface area contributed by atoms with E-state index >= 15 is 0 Å². The van der Waals surface area contributed by atoms with E-state index in [1.54, 1.807) is 17.9 Å². The van der Waals surface area contributed by atoms with Gasteiger partial charge in [-0.25, -0.2) is 4.68 Å². The fourth-order valence-electron chi connectivity index (χ4n) is 3.16. The van der Waals surface area contributed by atoms with Crippen molar-refractivity contribution in [3.05, 3.63) is 69.7 Å². The summed E-state index contributed by atoms with van der Waals surface area (Å²) in [6, 6.07) is 15.2. The van der Waals surface area contributed by atoms with E-state index in [1.807, 2.05) is 54.7 Å². The Balaban J connectivity index is 1.80. The van der Waals surface area contributed by atoms with Gasteiger partial charge in [-0.15, -0.1) is 0 Å². The summed E-state index contributed by atoms with van der Waals surface area (Å²) in [4.78, 5) is 25.3. The van der Waals surface area contributed by atoms with Crippen LogP contribution in [0, 0.1) is 0 Å². The molecule has 1 N–H and O–H groups in total. The van der Waals surface area contributed by atoms with Gasteiger partial charge in [-0.2, -0.15) is 5.10 Å². The highest BCUT2D eigenvalue weighted by atomic mass is 79.9. The lowest BCUT2D eigenvalue weighted by atomic mass is 10.1. The number of benzene rings is 2. The van der Waals surface area contributed by atoms with Crippen molar-refractivity contribution >= 4 is 62.2 Å². The first-order valence-corrected chi connectivity index (χ1v) is 11.4. The van der Waals surface area contributed by atoms with Crippen LogP contribution >= 0.6 is 39.9 Å². The van der Waals surface area contributed by atoms with Crippen molar-refractivity contribution in [2.24, 2.45) is 0 Å². The van der Waals surface area contributed by atoms with Crippen LogP contribution in [0.25, 0.3) is 23.0 Å². The molecule has 1 aromatic heterocycles. The van der Waals surface area contributed by atoms with Crippen molar-refractivity contribution in [3.63, 3.8) is 0 Å². The molecule has 7 nitrogen and oxygen atoms in total. The van der Waals surface area contributed by atoms with Crippen molar-refractivity contribution in [1.82, 2.24) is 14.7 Å². The Kier molecular flexibility index (Phi) is 6.45. The topological polar surface area (TPSA) is 84.7 Å². The molecule has 10 heteroatoms. The molecule has 0 aliphatic carbocycles. The van der Waals surface area contributed by atoms with E-state index in [0.29, 0.717) is 21.9 Å². The Morgan fingerprint density at radius 2 is 2.03 bits per heavy atom. The SMILES string of the molecule is COc1ccc(-c2nn(-c3ccccc3)cc2C=C2SC(=S)N(CC(=O)O)C2=O)cc1Br. The third-order valence-electron chi connectivity index (χ3n) is 4.64. The molecule has 0 atom stereocenters. The third-order valence-corrected chi connectivity index (χ3v) is 6.64. The Morgan fingerprint density at radius 3 is 2.69 bits per heavy atom. The van der Waals surface area contributed by atoms with Gasteiger partial charge in [0.2, 0.25) is 0 Å². The second-order valence-corrected chi connectivity index (χ2v) is 9.25. The molecule has 1 amide bonds. The summed E-state index contributed by atoms with van der Waals surface area (Å²) in [6.07, 6.45) is 3.52. The number of carbonyl (C=O) groups is 2. The number of aromatic nitrogens is 2. The van der Waals surface area contributed by atoms with Gasteiger partial charge in [-0.3, -0.25) is 14.5 Å². The number of thiocarbonyl (C=S) groups is 1. The number of aliphatic carboxylic acids is 1. The Morgan fingerprint density at radius 1 is 1.28 bits per heavy atom. The van der Waals surface area contributed by atoms with Crippen molar-refractivity contribution in [1.29, 1.82) is 0 Å².